The predicted molar refractivity (Wildman–Crippen MR) is 131 cm³/mol. The second-order valence-corrected chi connectivity index (χ2v) is 9.14. The van der Waals surface area contributed by atoms with Crippen molar-refractivity contribution in [2.45, 2.75) is 58.8 Å². The lowest BCUT2D eigenvalue weighted by molar-refractivity contribution is 0.00578. The molecule has 1 fully saturated rings. The maximum absolute atomic E-state index is 12.4. The molecule has 1 aliphatic rings. The van der Waals surface area contributed by atoms with Gasteiger partial charge in [-0.05, 0) is 62.8 Å². The number of amides is 1. The first-order valence-electron chi connectivity index (χ1n) is 11.4. The van der Waals surface area contributed by atoms with Crippen LogP contribution >= 0.6 is 0 Å². The molecule has 0 atom stereocenters. The van der Waals surface area contributed by atoms with Gasteiger partial charge in [-0.15, -0.1) is 0 Å². The van der Waals surface area contributed by atoms with Gasteiger partial charge >= 0.3 is 13.2 Å². The molecule has 0 aliphatic carbocycles. The maximum atomic E-state index is 12.4. The highest BCUT2D eigenvalue weighted by molar-refractivity contribution is 6.56. The Labute approximate surface area is 197 Å². The summed E-state index contributed by atoms with van der Waals surface area (Å²) in [6, 6.07) is 17.4. The zero-order valence-corrected chi connectivity index (χ0v) is 20.2. The van der Waals surface area contributed by atoms with E-state index in [1.807, 2.05) is 88.4 Å². The van der Waals surface area contributed by atoms with Crippen LogP contribution in [0.3, 0.4) is 0 Å². The van der Waals surface area contributed by atoms with Crippen molar-refractivity contribution in [3.8, 4) is 5.75 Å². The molecule has 0 radical (unpaired) electrons. The molecule has 33 heavy (non-hydrogen) atoms. The Hall–Kier alpha value is -2.77. The van der Waals surface area contributed by atoms with Crippen LogP contribution in [0.1, 0.15) is 52.2 Å². The summed E-state index contributed by atoms with van der Waals surface area (Å²) in [7, 11) is -0.593. The van der Waals surface area contributed by atoms with Gasteiger partial charge in [-0.3, -0.25) is 0 Å². The molecule has 1 N–H and O–H groups in total. The minimum absolute atomic E-state index is 0.207. The average molecular weight is 451 g/mol. The lowest BCUT2D eigenvalue weighted by Crippen LogP contribution is -2.41. The molecule has 0 aromatic heterocycles. The largest absolute Gasteiger partial charge is 0.494 e. The molecule has 2 aromatic rings. The van der Waals surface area contributed by atoms with Gasteiger partial charge in [0.05, 0.1) is 17.8 Å². The maximum Gasteiger partial charge on any atom is 0.492 e. The van der Waals surface area contributed by atoms with Crippen LogP contribution in [0.4, 0.5) is 4.79 Å². The van der Waals surface area contributed by atoms with Crippen LogP contribution in [-0.2, 0) is 20.7 Å². The fourth-order valence-electron chi connectivity index (χ4n) is 3.27. The Morgan fingerprint density at radius 1 is 1.03 bits per heavy atom. The van der Waals surface area contributed by atoms with Gasteiger partial charge in [0, 0.05) is 6.54 Å². The molecular formula is C26H34BNO5. The molecule has 0 unspecified atom stereocenters. The summed E-state index contributed by atoms with van der Waals surface area (Å²) in [5.41, 5.74) is 1.68. The Morgan fingerprint density at radius 3 is 2.39 bits per heavy atom. The lowest BCUT2D eigenvalue weighted by atomic mass is 9.77. The fourth-order valence-corrected chi connectivity index (χ4v) is 3.27. The number of carbonyl (C=O) groups is 1. The minimum atomic E-state index is -0.593. The molecule has 0 spiro atoms. The quantitative estimate of drug-likeness (QED) is 0.516. The van der Waals surface area contributed by atoms with Crippen molar-refractivity contribution in [1.29, 1.82) is 0 Å². The standard InChI is InChI=1S/C26H34BNO5/c1-6-15-30-23-14-10-13-21(17-23)16-22(27-32-25(2,3)26(4,5)33-27)18-28-24(29)31-19-20-11-8-7-9-12-20/h7-14,16-17H,6,15,18-19H2,1-5H3,(H,28,29). The third-order valence-corrected chi connectivity index (χ3v) is 5.89. The molecule has 1 aliphatic heterocycles. The number of hydrogen-bond donors (Lipinski definition) is 1. The third-order valence-electron chi connectivity index (χ3n) is 5.89. The fraction of sp³-hybridized carbons (Fsp3) is 0.423. The minimum Gasteiger partial charge on any atom is -0.494 e. The van der Waals surface area contributed by atoms with E-state index in [4.69, 9.17) is 18.8 Å². The van der Waals surface area contributed by atoms with Crippen LogP contribution in [0, 0.1) is 0 Å². The van der Waals surface area contributed by atoms with E-state index >= 15 is 0 Å². The summed E-state index contributed by atoms with van der Waals surface area (Å²) in [5, 5.41) is 2.83. The molecule has 1 heterocycles. The van der Waals surface area contributed by atoms with Gasteiger partial charge in [-0.25, -0.2) is 4.79 Å². The molecular weight excluding hydrogens is 417 g/mol. The lowest BCUT2D eigenvalue weighted by Gasteiger charge is -2.32. The highest BCUT2D eigenvalue weighted by atomic mass is 16.7. The van der Waals surface area contributed by atoms with E-state index in [0.717, 1.165) is 28.8 Å². The van der Waals surface area contributed by atoms with Gasteiger partial charge in [0.25, 0.3) is 0 Å². The van der Waals surface area contributed by atoms with Crippen molar-refractivity contribution < 1.29 is 23.6 Å². The van der Waals surface area contributed by atoms with E-state index in [0.29, 0.717) is 6.61 Å². The predicted octanol–water partition coefficient (Wildman–Crippen LogP) is 5.42. The normalized spacial score (nSPS) is 17.0. The van der Waals surface area contributed by atoms with Crippen molar-refractivity contribution in [3.63, 3.8) is 0 Å². The highest BCUT2D eigenvalue weighted by Crippen LogP contribution is 2.38. The molecule has 7 heteroatoms. The first-order chi connectivity index (χ1) is 15.7. The number of ether oxygens (including phenoxy) is 2. The summed E-state index contributed by atoms with van der Waals surface area (Å²) < 4.78 is 23.6. The van der Waals surface area contributed by atoms with Gasteiger partial charge in [-0.1, -0.05) is 55.5 Å². The zero-order valence-electron chi connectivity index (χ0n) is 20.2. The van der Waals surface area contributed by atoms with Crippen molar-refractivity contribution in [1.82, 2.24) is 5.32 Å². The van der Waals surface area contributed by atoms with E-state index in [9.17, 15) is 4.79 Å². The molecule has 6 nitrogen and oxygen atoms in total. The summed E-state index contributed by atoms with van der Waals surface area (Å²) >= 11 is 0. The number of alkyl carbamates (subject to hydrolysis) is 1. The number of carbonyl (C=O) groups excluding carboxylic acids is 1. The average Bonchev–Trinajstić information content (AvgIpc) is 3.01. The van der Waals surface area contributed by atoms with E-state index < -0.39 is 24.4 Å². The number of benzene rings is 2. The summed E-state index contributed by atoms with van der Waals surface area (Å²) in [4.78, 5) is 12.4. The first kappa shape index (κ1) is 24.9. The number of nitrogens with one attached hydrogen (secondary N) is 1. The van der Waals surface area contributed by atoms with E-state index in [2.05, 4.69) is 12.2 Å². The Kier molecular flexibility index (Phi) is 8.22. The smallest absolute Gasteiger partial charge is 0.492 e. The SMILES string of the molecule is CCCOc1cccc(C=C(CNC(=O)OCc2ccccc2)B2OC(C)(C)C(C)(C)O2)c1. The molecule has 176 valence electrons. The van der Waals surface area contributed by atoms with Crippen LogP contribution in [0.25, 0.3) is 6.08 Å². The molecule has 1 amide bonds. The van der Waals surface area contributed by atoms with Gasteiger partial charge in [-0.2, -0.15) is 0 Å². The Bertz CT molecular complexity index is 942. The summed E-state index contributed by atoms with van der Waals surface area (Å²) in [6.45, 7) is 11.2. The molecule has 2 aromatic carbocycles. The van der Waals surface area contributed by atoms with Crippen molar-refractivity contribution >= 4 is 19.3 Å². The molecule has 0 saturated carbocycles. The molecule has 3 rings (SSSR count). The van der Waals surface area contributed by atoms with Crippen LogP contribution in [0.2, 0.25) is 0 Å². The van der Waals surface area contributed by atoms with Crippen molar-refractivity contribution in [3.05, 3.63) is 71.2 Å². The monoisotopic (exact) mass is 451 g/mol. The zero-order chi connectivity index (χ0) is 23.9. The number of hydrogen-bond acceptors (Lipinski definition) is 5. The van der Waals surface area contributed by atoms with Gasteiger partial charge in [0.15, 0.2) is 0 Å². The highest BCUT2D eigenvalue weighted by Gasteiger charge is 2.52. The number of rotatable bonds is 9. The van der Waals surface area contributed by atoms with Gasteiger partial charge in [0.2, 0.25) is 0 Å². The Balaban J connectivity index is 1.73. The Morgan fingerprint density at radius 2 is 1.73 bits per heavy atom. The summed E-state index contributed by atoms with van der Waals surface area (Å²) in [6.07, 6.45) is 2.41. The van der Waals surface area contributed by atoms with Crippen LogP contribution in [0.5, 0.6) is 5.75 Å². The van der Waals surface area contributed by atoms with Gasteiger partial charge < -0.3 is 24.1 Å². The third kappa shape index (κ3) is 6.86. The van der Waals surface area contributed by atoms with E-state index in [-0.39, 0.29) is 13.2 Å². The van der Waals surface area contributed by atoms with Crippen LogP contribution in [-0.4, -0.2) is 37.6 Å². The topological polar surface area (TPSA) is 66.0 Å². The van der Waals surface area contributed by atoms with Crippen molar-refractivity contribution in [2.75, 3.05) is 13.2 Å². The van der Waals surface area contributed by atoms with E-state index in [1.54, 1.807) is 0 Å². The van der Waals surface area contributed by atoms with Crippen molar-refractivity contribution in [2.24, 2.45) is 0 Å². The van der Waals surface area contributed by atoms with Crippen LogP contribution < -0.4 is 10.1 Å². The van der Waals surface area contributed by atoms with E-state index in [1.165, 1.54) is 0 Å². The van der Waals surface area contributed by atoms with Gasteiger partial charge in [0.1, 0.15) is 12.4 Å². The first-order valence-corrected chi connectivity index (χ1v) is 11.4. The second-order valence-electron chi connectivity index (χ2n) is 9.14. The second kappa shape index (κ2) is 10.9. The van der Waals surface area contributed by atoms with Crippen LogP contribution in [0.15, 0.2) is 60.1 Å². The molecule has 0 bridgehead atoms. The summed E-state index contributed by atoms with van der Waals surface area (Å²) in [5.74, 6) is 0.800. The molecule has 1 saturated heterocycles.